The molecule has 118 valence electrons. The van der Waals surface area contributed by atoms with Crippen molar-refractivity contribution in [3.63, 3.8) is 0 Å². The van der Waals surface area contributed by atoms with Crippen LogP contribution in [0.5, 0.6) is 0 Å². The Morgan fingerprint density at radius 2 is 2.18 bits per heavy atom. The Hall–Kier alpha value is -1.90. The molecule has 7 nitrogen and oxygen atoms in total. The van der Waals surface area contributed by atoms with Gasteiger partial charge in [0, 0.05) is 12.1 Å². The fourth-order valence-corrected chi connectivity index (χ4v) is 3.55. The van der Waals surface area contributed by atoms with E-state index in [1.165, 1.54) is 30.1 Å². The first-order valence-corrected chi connectivity index (χ1v) is 8.13. The maximum absolute atomic E-state index is 12.4. The summed E-state index contributed by atoms with van der Waals surface area (Å²) in [5.41, 5.74) is 0.473. The van der Waals surface area contributed by atoms with E-state index >= 15 is 0 Å². The Bertz CT molecular complexity index is 788. The first-order chi connectivity index (χ1) is 10.3. The lowest BCUT2D eigenvalue weighted by Gasteiger charge is -2.17. The van der Waals surface area contributed by atoms with Gasteiger partial charge in [0.05, 0.1) is 18.7 Å². The van der Waals surface area contributed by atoms with Gasteiger partial charge in [0.25, 0.3) is 10.0 Å². The molecule has 2 rings (SSSR count). The molecule has 0 aliphatic carbocycles. The number of halogens is 1. The number of carboxylic acid groups (broad SMARTS) is 1. The number of rotatable bonds is 6. The number of hydrogen-bond acceptors (Lipinski definition) is 4. The Morgan fingerprint density at radius 3 is 2.73 bits per heavy atom. The van der Waals surface area contributed by atoms with E-state index in [2.05, 4.69) is 9.82 Å². The fraction of sp³-hybridized carbons (Fsp3) is 0.231. The number of nitrogens with one attached hydrogen (secondary N) is 1. The van der Waals surface area contributed by atoms with Crippen molar-refractivity contribution < 1.29 is 18.3 Å². The van der Waals surface area contributed by atoms with Crippen molar-refractivity contribution in [1.82, 2.24) is 14.5 Å². The molecule has 0 saturated carbocycles. The highest BCUT2D eigenvalue weighted by Gasteiger charge is 2.25. The van der Waals surface area contributed by atoms with Crippen LogP contribution >= 0.6 is 11.6 Å². The number of carbonyl (C=O) groups is 1. The molecule has 0 saturated heterocycles. The van der Waals surface area contributed by atoms with Crippen molar-refractivity contribution in [3.8, 4) is 0 Å². The molecule has 0 amide bonds. The molecule has 0 fully saturated rings. The summed E-state index contributed by atoms with van der Waals surface area (Å²) in [6, 6.07) is 6.80. The van der Waals surface area contributed by atoms with E-state index in [-0.39, 0.29) is 5.03 Å². The van der Waals surface area contributed by atoms with E-state index in [1.54, 1.807) is 18.2 Å². The summed E-state index contributed by atoms with van der Waals surface area (Å²) in [5, 5.41) is 13.2. The van der Waals surface area contributed by atoms with Gasteiger partial charge >= 0.3 is 5.97 Å². The molecule has 2 N–H and O–H groups in total. The summed E-state index contributed by atoms with van der Waals surface area (Å²) in [6.07, 6.45) is 0.942. The van der Waals surface area contributed by atoms with Gasteiger partial charge in [-0.25, -0.2) is 13.1 Å². The Morgan fingerprint density at radius 1 is 1.45 bits per heavy atom. The summed E-state index contributed by atoms with van der Waals surface area (Å²) in [7, 11) is -2.42. The largest absolute Gasteiger partial charge is 0.481 e. The maximum Gasteiger partial charge on any atom is 0.305 e. The zero-order valence-corrected chi connectivity index (χ0v) is 13.2. The van der Waals surface area contributed by atoms with Crippen LogP contribution in [-0.2, 0) is 21.9 Å². The van der Waals surface area contributed by atoms with E-state index in [1.807, 2.05) is 0 Å². The number of sulfonamides is 1. The van der Waals surface area contributed by atoms with Crippen LogP contribution in [0.15, 0.2) is 41.6 Å². The lowest BCUT2D eigenvalue weighted by molar-refractivity contribution is -0.137. The minimum absolute atomic E-state index is 0.0510. The molecule has 0 spiro atoms. The Balaban J connectivity index is 2.35. The highest BCUT2D eigenvalue weighted by molar-refractivity contribution is 7.89. The van der Waals surface area contributed by atoms with Gasteiger partial charge in [0.1, 0.15) is 0 Å². The van der Waals surface area contributed by atoms with Gasteiger partial charge in [-0.3, -0.25) is 9.48 Å². The average Bonchev–Trinajstić information content (AvgIpc) is 2.84. The third-order valence-corrected chi connectivity index (χ3v) is 4.76. The van der Waals surface area contributed by atoms with Crippen LogP contribution in [0.1, 0.15) is 18.0 Å². The maximum atomic E-state index is 12.4. The lowest BCUT2D eigenvalue weighted by Crippen LogP contribution is -2.31. The van der Waals surface area contributed by atoms with Crippen LogP contribution in [0, 0.1) is 0 Å². The highest BCUT2D eigenvalue weighted by atomic mass is 35.5. The molecule has 0 aliphatic heterocycles. The van der Waals surface area contributed by atoms with E-state index in [0.29, 0.717) is 10.6 Å². The van der Waals surface area contributed by atoms with E-state index < -0.39 is 28.5 Å². The molecular weight excluding hydrogens is 330 g/mol. The van der Waals surface area contributed by atoms with Crippen LogP contribution in [0.3, 0.4) is 0 Å². The van der Waals surface area contributed by atoms with Gasteiger partial charge in [0.2, 0.25) is 0 Å². The van der Waals surface area contributed by atoms with Crippen LogP contribution in [0.25, 0.3) is 0 Å². The number of aryl methyl sites for hydroxylation is 1. The van der Waals surface area contributed by atoms with Gasteiger partial charge in [-0.05, 0) is 23.8 Å². The number of benzene rings is 1. The fourth-order valence-electron chi connectivity index (χ4n) is 2.00. The number of aliphatic carboxylic acids is 1. The van der Waals surface area contributed by atoms with Crippen LogP contribution < -0.4 is 4.72 Å². The molecule has 0 bridgehead atoms. The standard InChI is InChI=1S/C13H14ClN3O4S/c1-17-12(5-6-15-17)22(20,21)16-11(8-13(18)19)9-3-2-4-10(14)7-9/h2-7,11,16H,8H2,1H3,(H,18,19)/t11-/m1/s1. The topological polar surface area (TPSA) is 101 Å². The summed E-state index contributed by atoms with van der Waals surface area (Å²) in [5.74, 6) is -1.13. The quantitative estimate of drug-likeness (QED) is 0.829. The molecular formula is C13H14ClN3O4S. The molecule has 22 heavy (non-hydrogen) atoms. The van der Waals surface area contributed by atoms with E-state index in [0.717, 1.165) is 0 Å². The molecule has 9 heteroatoms. The van der Waals surface area contributed by atoms with Gasteiger partial charge in [0.15, 0.2) is 5.03 Å². The average molecular weight is 344 g/mol. The molecule has 1 atom stereocenters. The zero-order chi connectivity index (χ0) is 16.3. The van der Waals surface area contributed by atoms with Crippen molar-refractivity contribution >= 4 is 27.6 Å². The summed E-state index contributed by atoms with van der Waals surface area (Å²) >= 11 is 5.88. The smallest absolute Gasteiger partial charge is 0.305 e. The number of hydrogen-bond donors (Lipinski definition) is 2. The normalized spacial score (nSPS) is 13.0. The van der Waals surface area contributed by atoms with Crippen molar-refractivity contribution in [3.05, 3.63) is 47.1 Å². The van der Waals surface area contributed by atoms with Gasteiger partial charge in [-0.1, -0.05) is 23.7 Å². The van der Waals surface area contributed by atoms with Gasteiger partial charge in [-0.2, -0.15) is 5.10 Å². The van der Waals surface area contributed by atoms with Crippen molar-refractivity contribution in [2.24, 2.45) is 7.05 Å². The minimum atomic E-state index is -3.91. The second-order valence-corrected chi connectivity index (χ2v) is 6.72. The SMILES string of the molecule is Cn1nccc1S(=O)(=O)N[C@H](CC(=O)O)c1cccc(Cl)c1. The first kappa shape index (κ1) is 16.5. The lowest BCUT2D eigenvalue weighted by atomic mass is 10.1. The third kappa shape index (κ3) is 3.85. The van der Waals surface area contributed by atoms with Crippen LogP contribution in [-0.4, -0.2) is 29.3 Å². The number of nitrogens with zero attached hydrogens (tertiary/aromatic N) is 2. The molecule has 1 aromatic carbocycles. The molecule has 1 aromatic heterocycles. The molecule has 0 unspecified atom stereocenters. The van der Waals surface area contributed by atoms with Gasteiger partial charge < -0.3 is 5.11 Å². The summed E-state index contributed by atoms with van der Waals surface area (Å²) in [6.45, 7) is 0. The van der Waals surface area contributed by atoms with Crippen LogP contribution in [0.4, 0.5) is 0 Å². The monoisotopic (exact) mass is 343 g/mol. The van der Waals surface area contributed by atoms with Crippen molar-refractivity contribution in [1.29, 1.82) is 0 Å². The van der Waals surface area contributed by atoms with Gasteiger partial charge in [-0.15, -0.1) is 0 Å². The number of carboxylic acids is 1. The molecule has 2 aromatic rings. The minimum Gasteiger partial charge on any atom is -0.481 e. The zero-order valence-electron chi connectivity index (χ0n) is 11.6. The summed E-state index contributed by atoms with van der Waals surface area (Å²) < 4.78 is 28.3. The summed E-state index contributed by atoms with van der Waals surface area (Å²) in [4.78, 5) is 11.0. The second kappa shape index (κ2) is 6.47. The first-order valence-electron chi connectivity index (χ1n) is 6.27. The van der Waals surface area contributed by atoms with E-state index in [4.69, 9.17) is 16.7 Å². The molecule has 0 radical (unpaired) electrons. The van der Waals surface area contributed by atoms with Crippen molar-refractivity contribution in [2.45, 2.75) is 17.5 Å². The molecule has 1 heterocycles. The Kier molecular flexibility index (Phi) is 4.84. The predicted octanol–water partition coefficient (Wildman–Crippen LogP) is 1.57. The van der Waals surface area contributed by atoms with E-state index in [9.17, 15) is 13.2 Å². The van der Waals surface area contributed by atoms with Crippen LogP contribution in [0.2, 0.25) is 5.02 Å². The van der Waals surface area contributed by atoms with Crippen molar-refractivity contribution in [2.75, 3.05) is 0 Å². The third-order valence-electron chi connectivity index (χ3n) is 2.98. The second-order valence-electron chi connectivity index (χ2n) is 4.62. The number of aromatic nitrogens is 2. The highest BCUT2D eigenvalue weighted by Crippen LogP contribution is 2.23. The Labute approximate surface area is 132 Å². The predicted molar refractivity (Wildman–Crippen MR) is 80.0 cm³/mol. The molecule has 0 aliphatic rings.